The molecule has 0 unspecified atom stereocenters. The van der Waals surface area contributed by atoms with Gasteiger partial charge in [-0.25, -0.2) is 4.39 Å². The van der Waals surface area contributed by atoms with Crippen LogP contribution in [0.25, 0.3) is 0 Å². The van der Waals surface area contributed by atoms with Gasteiger partial charge in [0.25, 0.3) is 0 Å². The van der Waals surface area contributed by atoms with Crippen LogP contribution in [0.15, 0.2) is 0 Å². The van der Waals surface area contributed by atoms with Crippen molar-refractivity contribution in [2.75, 3.05) is 20.1 Å². The molecule has 2 nitrogen and oxygen atoms in total. The Hall–Kier alpha value is -0.620. The van der Waals surface area contributed by atoms with E-state index in [1.165, 1.54) is 0 Å². The summed E-state index contributed by atoms with van der Waals surface area (Å²) in [5.74, 6) is -0.365. The number of nitrogens with zero attached hydrogens (tertiary/aromatic N) is 2. The third kappa shape index (κ3) is 1.45. The van der Waals surface area contributed by atoms with Crippen molar-refractivity contribution in [2.24, 2.45) is 5.92 Å². The Morgan fingerprint density at radius 1 is 1.70 bits per heavy atom. The molecule has 0 spiro atoms. The molecule has 0 N–H and O–H groups in total. The fraction of sp³-hybridized carbons (Fsp3) is 0.857. The number of halogens is 1. The van der Waals surface area contributed by atoms with Crippen molar-refractivity contribution in [2.45, 2.75) is 12.6 Å². The number of nitriles is 1. The molecule has 0 aliphatic carbocycles. The van der Waals surface area contributed by atoms with E-state index in [2.05, 4.69) is 0 Å². The van der Waals surface area contributed by atoms with Crippen LogP contribution in [0.1, 0.15) is 6.42 Å². The minimum Gasteiger partial charge on any atom is -0.303 e. The lowest BCUT2D eigenvalue weighted by molar-refractivity contribution is 0.129. The number of hydrogen-bond acceptors (Lipinski definition) is 2. The van der Waals surface area contributed by atoms with Gasteiger partial charge in [0.05, 0.1) is 12.0 Å². The Kier molecular flexibility index (Phi) is 2.23. The number of piperidine rings is 1. The third-order valence-electron chi connectivity index (χ3n) is 1.91. The largest absolute Gasteiger partial charge is 0.303 e. The normalized spacial score (nSPS) is 35.3. The second kappa shape index (κ2) is 2.98. The zero-order valence-corrected chi connectivity index (χ0v) is 6.05. The number of alkyl halides is 1. The molecule has 0 aromatic rings. The zero-order valence-electron chi connectivity index (χ0n) is 6.05. The summed E-state index contributed by atoms with van der Waals surface area (Å²) in [5.41, 5.74) is 0. The van der Waals surface area contributed by atoms with Crippen molar-refractivity contribution in [1.29, 1.82) is 5.26 Å². The van der Waals surface area contributed by atoms with Gasteiger partial charge in [0.1, 0.15) is 6.17 Å². The average molecular weight is 142 g/mol. The standard InChI is InChI=1S/C7H11FN2/c1-10-3-2-6(4-9)7(8)5-10/h6-7H,2-3,5H2,1H3/t6-,7+/m0/s1. The number of rotatable bonds is 0. The maximum Gasteiger partial charge on any atom is 0.128 e. The van der Waals surface area contributed by atoms with E-state index in [0.29, 0.717) is 13.0 Å². The molecule has 2 atom stereocenters. The van der Waals surface area contributed by atoms with Crippen molar-refractivity contribution >= 4 is 0 Å². The first kappa shape index (κ1) is 7.49. The molecule has 1 rings (SSSR count). The molecule has 0 bridgehead atoms. The van der Waals surface area contributed by atoms with E-state index < -0.39 is 6.17 Å². The summed E-state index contributed by atoms with van der Waals surface area (Å²) in [4.78, 5) is 1.92. The van der Waals surface area contributed by atoms with E-state index in [1.807, 2.05) is 18.0 Å². The van der Waals surface area contributed by atoms with Crippen LogP contribution in [0.4, 0.5) is 4.39 Å². The molecule has 10 heavy (non-hydrogen) atoms. The lowest BCUT2D eigenvalue weighted by Crippen LogP contribution is -2.38. The fourth-order valence-corrected chi connectivity index (χ4v) is 1.20. The highest BCUT2D eigenvalue weighted by atomic mass is 19.1. The SMILES string of the molecule is CN1CC[C@@H](C#N)[C@H](F)C1. The molecular weight excluding hydrogens is 131 g/mol. The first-order valence-electron chi connectivity index (χ1n) is 3.46. The van der Waals surface area contributed by atoms with E-state index >= 15 is 0 Å². The van der Waals surface area contributed by atoms with Gasteiger partial charge in [0, 0.05) is 6.54 Å². The van der Waals surface area contributed by atoms with Crippen LogP contribution in [0.2, 0.25) is 0 Å². The van der Waals surface area contributed by atoms with Crippen LogP contribution in [0, 0.1) is 17.2 Å². The van der Waals surface area contributed by atoms with Gasteiger partial charge in [-0.15, -0.1) is 0 Å². The summed E-state index contributed by atoms with van der Waals surface area (Å²) in [6, 6.07) is 1.97. The van der Waals surface area contributed by atoms with Crippen LogP contribution < -0.4 is 0 Å². The van der Waals surface area contributed by atoms with E-state index in [0.717, 1.165) is 6.54 Å². The number of likely N-dealkylation sites (tertiary alicyclic amines) is 1. The first-order chi connectivity index (χ1) is 4.74. The Labute approximate surface area is 60.2 Å². The fourth-order valence-electron chi connectivity index (χ4n) is 1.20. The lowest BCUT2D eigenvalue weighted by atomic mass is 9.97. The van der Waals surface area contributed by atoms with Gasteiger partial charge in [0.15, 0.2) is 0 Å². The van der Waals surface area contributed by atoms with E-state index in [-0.39, 0.29) is 5.92 Å². The summed E-state index contributed by atoms with van der Waals surface area (Å²) in [5, 5.41) is 8.44. The quantitative estimate of drug-likeness (QED) is 0.500. The molecule has 0 radical (unpaired) electrons. The van der Waals surface area contributed by atoms with Crippen LogP contribution >= 0.6 is 0 Å². The van der Waals surface area contributed by atoms with Crippen molar-refractivity contribution in [3.63, 3.8) is 0 Å². The Morgan fingerprint density at radius 3 is 2.90 bits per heavy atom. The minimum absolute atomic E-state index is 0.365. The summed E-state index contributed by atoms with van der Waals surface area (Å²) in [6.45, 7) is 1.26. The third-order valence-corrected chi connectivity index (χ3v) is 1.91. The van der Waals surface area contributed by atoms with E-state index in [4.69, 9.17) is 5.26 Å². The molecule has 56 valence electrons. The van der Waals surface area contributed by atoms with E-state index in [9.17, 15) is 4.39 Å². The van der Waals surface area contributed by atoms with Crippen molar-refractivity contribution in [3.05, 3.63) is 0 Å². The summed E-state index contributed by atoms with van der Waals surface area (Å²) in [7, 11) is 1.88. The lowest BCUT2D eigenvalue weighted by Gasteiger charge is -2.28. The monoisotopic (exact) mass is 142 g/mol. The maximum absolute atomic E-state index is 12.8. The van der Waals surface area contributed by atoms with Gasteiger partial charge in [0.2, 0.25) is 0 Å². The van der Waals surface area contributed by atoms with Crippen molar-refractivity contribution < 1.29 is 4.39 Å². The minimum atomic E-state index is -0.941. The van der Waals surface area contributed by atoms with Gasteiger partial charge < -0.3 is 4.90 Å². The Balaban J connectivity index is 2.45. The highest BCUT2D eigenvalue weighted by Crippen LogP contribution is 2.18. The molecular formula is C7H11FN2. The summed E-state index contributed by atoms with van der Waals surface area (Å²) in [6.07, 6.45) is -0.266. The van der Waals surface area contributed by atoms with Crippen LogP contribution in [0.3, 0.4) is 0 Å². The highest BCUT2D eigenvalue weighted by Gasteiger charge is 2.26. The topological polar surface area (TPSA) is 27.0 Å². The second-order valence-corrected chi connectivity index (χ2v) is 2.80. The zero-order chi connectivity index (χ0) is 7.56. The molecule has 0 saturated carbocycles. The summed E-state index contributed by atoms with van der Waals surface area (Å²) >= 11 is 0. The second-order valence-electron chi connectivity index (χ2n) is 2.80. The molecule has 3 heteroatoms. The van der Waals surface area contributed by atoms with E-state index in [1.54, 1.807) is 0 Å². The van der Waals surface area contributed by atoms with Crippen molar-refractivity contribution in [3.8, 4) is 6.07 Å². The molecule has 0 aromatic heterocycles. The van der Waals surface area contributed by atoms with Gasteiger partial charge in [-0.2, -0.15) is 5.26 Å². The molecule has 1 aliphatic rings. The molecule has 0 aromatic carbocycles. The van der Waals surface area contributed by atoms with Crippen LogP contribution in [0.5, 0.6) is 0 Å². The Bertz CT molecular complexity index is 152. The molecule has 1 saturated heterocycles. The molecule has 1 fully saturated rings. The molecule has 1 heterocycles. The van der Waals surface area contributed by atoms with Crippen LogP contribution in [-0.2, 0) is 0 Å². The molecule has 1 aliphatic heterocycles. The van der Waals surface area contributed by atoms with Crippen LogP contribution in [-0.4, -0.2) is 31.2 Å². The smallest absolute Gasteiger partial charge is 0.128 e. The maximum atomic E-state index is 12.8. The van der Waals surface area contributed by atoms with Gasteiger partial charge in [-0.05, 0) is 20.0 Å². The summed E-state index contributed by atoms with van der Waals surface area (Å²) < 4.78 is 12.8. The van der Waals surface area contributed by atoms with Gasteiger partial charge >= 0.3 is 0 Å². The predicted molar refractivity (Wildman–Crippen MR) is 36.1 cm³/mol. The van der Waals surface area contributed by atoms with Gasteiger partial charge in [-0.3, -0.25) is 0 Å². The average Bonchev–Trinajstić information content (AvgIpc) is 1.88. The number of hydrogen-bond donors (Lipinski definition) is 0. The highest BCUT2D eigenvalue weighted by molar-refractivity contribution is 4.92. The first-order valence-corrected chi connectivity index (χ1v) is 3.46. The Morgan fingerprint density at radius 2 is 2.40 bits per heavy atom. The predicted octanol–water partition coefficient (Wildman–Crippen LogP) is 0.800. The van der Waals surface area contributed by atoms with Crippen molar-refractivity contribution in [1.82, 2.24) is 4.90 Å². The molecule has 0 amide bonds. The van der Waals surface area contributed by atoms with Gasteiger partial charge in [-0.1, -0.05) is 0 Å².